The number of nitrogens with zero attached hydrogens (tertiary/aromatic N) is 1. The third kappa shape index (κ3) is 4.11. The van der Waals surface area contributed by atoms with Crippen LogP contribution in [0, 0.1) is 11.3 Å². The fourth-order valence-electron chi connectivity index (χ4n) is 1.13. The second-order valence-corrected chi connectivity index (χ2v) is 5.78. The summed E-state index contributed by atoms with van der Waals surface area (Å²) < 4.78 is 51.1. The average molecular weight is 310 g/mol. The van der Waals surface area contributed by atoms with E-state index in [0.717, 1.165) is 6.07 Å². The Kier molecular flexibility index (Phi) is 4.81. The van der Waals surface area contributed by atoms with Crippen LogP contribution >= 0.6 is 11.6 Å². The van der Waals surface area contributed by atoms with Crippen molar-refractivity contribution in [3.05, 3.63) is 28.8 Å². The Morgan fingerprint density at radius 1 is 1.47 bits per heavy atom. The van der Waals surface area contributed by atoms with Gasteiger partial charge in [0.25, 0.3) is 5.92 Å². The van der Waals surface area contributed by atoms with Crippen LogP contribution in [0.4, 0.5) is 8.78 Å². The number of nitrogens with two attached hydrogens (primary N) is 1. The number of rotatable bonds is 5. The van der Waals surface area contributed by atoms with E-state index in [2.05, 4.69) is 0 Å². The van der Waals surface area contributed by atoms with Crippen LogP contribution in [-0.4, -0.2) is 27.4 Å². The number of alkyl halides is 2. The van der Waals surface area contributed by atoms with Crippen LogP contribution in [0.15, 0.2) is 23.1 Å². The minimum Gasteiger partial charge on any atom is -0.325 e. The summed E-state index contributed by atoms with van der Waals surface area (Å²) in [5.74, 6) is -3.35. The van der Waals surface area contributed by atoms with Gasteiger partial charge in [0.1, 0.15) is 4.90 Å². The van der Waals surface area contributed by atoms with Crippen LogP contribution in [-0.2, 0) is 10.0 Å². The maximum Gasteiger partial charge on any atom is 0.273 e. The number of nitriles is 1. The Bertz CT molecular complexity index is 614. The molecule has 0 saturated heterocycles. The Labute approximate surface area is 114 Å². The summed E-state index contributed by atoms with van der Waals surface area (Å²) in [5.41, 5.74) is 4.85. The molecule has 0 saturated carbocycles. The first-order valence-electron chi connectivity index (χ1n) is 4.99. The SMILES string of the molecule is N#Cc1ccc(Cl)c(S(=O)(=O)NCC(F)(F)CN)c1. The van der Waals surface area contributed by atoms with Crippen LogP contribution in [0.25, 0.3) is 0 Å². The number of sulfonamides is 1. The lowest BCUT2D eigenvalue weighted by Gasteiger charge is -2.15. The van der Waals surface area contributed by atoms with Gasteiger partial charge < -0.3 is 5.73 Å². The molecule has 0 aromatic heterocycles. The molecule has 1 aromatic rings. The van der Waals surface area contributed by atoms with Gasteiger partial charge >= 0.3 is 0 Å². The highest BCUT2D eigenvalue weighted by molar-refractivity contribution is 7.89. The lowest BCUT2D eigenvalue weighted by atomic mass is 10.2. The van der Waals surface area contributed by atoms with E-state index >= 15 is 0 Å². The largest absolute Gasteiger partial charge is 0.325 e. The molecule has 0 unspecified atom stereocenters. The van der Waals surface area contributed by atoms with Crippen molar-refractivity contribution in [2.24, 2.45) is 5.73 Å². The number of halogens is 3. The number of benzene rings is 1. The number of hydrogen-bond donors (Lipinski definition) is 2. The maximum atomic E-state index is 12.9. The van der Waals surface area contributed by atoms with E-state index in [4.69, 9.17) is 22.6 Å². The molecule has 0 amide bonds. The second-order valence-electron chi connectivity index (χ2n) is 3.64. The molecule has 0 radical (unpaired) electrons. The van der Waals surface area contributed by atoms with Crippen molar-refractivity contribution in [3.63, 3.8) is 0 Å². The molecule has 0 aliphatic carbocycles. The van der Waals surface area contributed by atoms with E-state index in [1.807, 2.05) is 0 Å². The summed E-state index contributed by atoms with van der Waals surface area (Å²) in [6.45, 7) is -2.12. The van der Waals surface area contributed by atoms with Gasteiger partial charge in [-0.2, -0.15) is 5.26 Å². The highest BCUT2D eigenvalue weighted by Crippen LogP contribution is 2.23. The fraction of sp³-hybridized carbons (Fsp3) is 0.300. The molecule has 19 heavy (non-hydrogen) atoms. The van der Waals surface area contributed by atoms with Gasteiger partial charge in [-0.1, -0.05) is 11.6 Å². The quantitative estimate of drug-likeness (QED) is 0.850. The first-order valence-corrected chi connectivity index (χ1v) is 6.85. The summed E-state index contributed by atoms with van der Waals surface area (Å²) in [6, 6.07) is 5.26. The average Bonchev–Trinajstić information content (AvgIpc) is 2.37. The van der Waals surface area contributed by atoms with E-state index < -0.39 is 33.9 Å². The molecule has 104 valence electrons. The van der Waals surface area contributed by atoms with Crippen LogP contribution in [0.1, 0.15) is 5.56 Å². The van der Waals surface area contributed by atoms with Gasteiger partial charge in [0.2, 0.25) is 10.0 Å². The van der Waals surface area contributed by atoms with E-state index in [9.17, 15) is 17.2 Å². The molecule has 9 heteroatoms. The van der Waals surface area contributed by atoms with Gasteiger partial charge in [0.15, 0.2) is 0 Å². The van der Waals surface area contributed by atoms with E-state index in [1.54, 1.807) is 10.8 Å². The topological polar surface area (TPSA) is 96.0 Å². The van der Waals surface area contributed by atoms with Gasteiger partial charge in [-0.25, -0.2) is 21.9 Å². The normalized spacial score (nSPS) is 12.2. The lowest BCUT2D eigenvalue weighted by Crippen LogP contribution is -2.41. The van der Waals surface area contributed by atoms with Crippen molar-refractivity contribution in [2.45, 2.75) is 10.8 Å². The summed E-state index contributed by atoms with van der Waals surface area (Å²) >= 11 is 5.68. The Balaban J connectivity index is 3.05. The smallest absolute Gasteiger partial charge is 0.273 e. The van der Waals surface area contributed by atoms with Gasteiger partial charge in [0, 0.05) is 0 Å². The monoisotopic (exact) mass is 309 g/mol. The zero-order chi connectivity index (χ0) is 14.7. The standard InChI is InChI=1S/C10H10ClF2N3O2S/c11-8-2-1-7(4-14)3-9(8)19(17,18)16-6-10(12,13)5-15/h1-3,16H,5-6,15H2. The third-order valence-electron chi connectivity index (χ3n) is 2.17. The van der Waals surface area contributed by atoms with Crippen LogP contribution in [0.5, 0.6) is 0 Å². The number of hydrogen-bond acceptors (Lipinski definition) is 4. The first-order chi connectivity index (χ1) is 8.72. The summed E-state index contributed by atoms with van der Waals surface area (Å²) in [5, 5.41) is 8.51. The zero-order valence-corrected chi connectivity index (χ0v) is 11.1. The van der Waals surface area contributed by atoms with Crippen LogP contribution < -0.4 is 10.5 Å². The minimum absolute atomic E-state index is 0.0513. The summed E-state index contributed by atoms with van der Waals surface area (Å²) in [6.07, 6.45) is 0. The molecule has 0 heterocycles. The van der Waals surface area contributed by atoms with Crippen LogP contribution in [0.2, 0.25) is 5.02 Å². The molecule has 0 bridgehead atoms. The molecule has 5 nitrogen and oxygen atoms in total. The number of nitrogens with one attached hydrogen (secondary N) is 1. The predicted molar refractivity (Wildman–Crippen MR) is 65.4 cm³/mol. The Morgan fingerprint density at radius 3 is 2.63 bits per heavy atom. The van der Waals surface area contributed by atoms with Crippen molar-refractivity contribution in [3.8, 4) is 6.07 Å². The van der Waals surface area contributed by atoms with E-state index in [-0.39, 0.29) is 10.6 Å². The van der Waals surface area contributed by atoms with Gasteiger partial charge in [-0.3, -0.25) is 0 Å². The van der Waals surface area contributed by atoms with Crippen molar-refractivity contribution >= 4 is 21.6 Å². The molecule has 1 aromatic carbocycles. The van der Waals surface area contributed by atoms with Gasteiger partial charge in [0.05, 0.1) is 29.7 Å². The highest BCUT2D eigenvalue weighted by Gasteiger charge is 2.30. The lowest BCUT2D eigenvalue weighted by molar-refractivity contribution is 0.0170. The molecule has 0 aliphatic rings. The van der Waals surface area contributed by atoms with E-state index in [0.29, 0.717) is 0 Å². The van der Waals surface area contributed by atoms with Gasteiger partial charge in [-0.15, -0.1) is 0 Å². The third-order valence-corrected chi connectivity index (χ3v) is 4.05. The van der Waals surface area contributed by atoms with Crippen molar-refractivity contribution in [1.82, 2.24) is 4.72 Å². The molecule has 0 spiro atoms. The zero-order valence-electron chi connectivity index (χ0n) is 9.53. The van der Waals surface area contributed by atoms with Crippen molar-refractivity contribution in [2.75, 3.05) is 13.1 Å². The Morgan fingerprint density at radius 2 is 2.11 bits per heavy atom. The minimum atomic E-state index is -4.24. The molecule has 1 rings (SSSR count). The molecular weight excluding hydrogens is 300 g/mol. The van der Waals surface area contributed by atoms with Gasteiger partial charge in [-0.05, 0) is 18.2 Å². The Hall–Kier alpha value is -1.27. The fourth-order valence-corrected chi connectivity index (χ4v) is 2.72. The molecule has 0 fully saturated rings. The first kappa shape index (κ1) is 15.8. The highest BCUT2D eigenvalue weighted by atomic mass is 35.5. The molecule has 0 aliphatic heterocycles. The van der Waals surface area contributed by atoms with Crippen LogP contribution in [0.3, 0.4) is 0 Å². The summed E-state index contributed by atoms with van der Waals surface area (Å²) in [7, 11) is -4.24. The van der Waals surface area contributed by atoms with E-state index in [1.165, 1.54) is 12.1 Å². The van der Waals surface area contributed by atoms with Crippen molar-refractivity contribution in [1.29, 1.82) is 5.26 Å². The predicted octanol–water partition coefficient (Wildman–Crippen LogP) is 1.08. The molecule has 0 atom stereocenters. The maximum absolute atomic E-state index is 12.9. The summed E-state index contributed by atoms with van der Waals surface area (Å²) in [4.78, 5) is -0.430. The second kappa shape index (κ2) is 5.79. The molecular formula is C10H10ClF2N3O2S. The molecule has 3 N–H and O–H groups in total. The van der Waals surface area contributed by atoms with Crippen molar-refractivity contribution < 1.29 is 17.2 Å².